The van der Waals surface area contributed by atoms with Gasteiger partial charge in [-0.3, -0.25) is 9.59 Å². The van der Waals surface area contributed by atoms with E-state index < -0.39 is 0 Å². The maximum absolute atomic E-state index is 10.3. The van der Waals surface area contributed by atoms with Crippen molar-refractivity contribution in [1.82, 2.24) is 0 Å². The van der Waals surface area contributed by atoms with Crippen LogP contribution in [-0.2, 0) is 0 Å². The van der Waals surface area contributed by atoms with Gasteiger partial charge in [0.25, 0.3) is 0 Å². The third kappa shape index (κ3) is 4.24. The number of methoxy groups -OCH3 is 2. The van der Waals surface area contributed by atoms with Gasteiger partial charge in [0.1, 0.15) is 6.29 Å². The lowest BCUT2D eigenvalue weighted by atomic mass is 10.2. The zero-order valence-electron chi connectivity index (χ0n) is 12.1. The van der Waals surface area contributed by atoms with Crippen LogP contribution in [0.25, 0.3) is 0 Å². The molecule has 0 aliphatic carbocycles. The molecule has 2 N–H and O–H groups in total. The topological polar surface area (TPSA) is 93.1 Å². The first kappa shape index (κ1) is 17.0. The molecule has 22 heavy (non-hydrogen) atoms. The van der Waals surface area contributed by atoms with Crippen LogP contribution in [0.4, 0.5) is 0 Å². The number of aldehydes is 2. The number of phenols is 2. The molecule has 0 heterocycles. The maximum atomic E-state index is 10.3. The van der Waals surface area contributed by atoms with E-state index in [0.717, 1.165) is 0 Å². The Morgan fingerprint density at radius 1 is 0.909 bits per heavy atom. The summed E-state index contributed by atoms with van der Waals surface area (Å²) in [6, 6.07) is 9.21. The molecule has 0 saturated heterocycles. The van der Waals surface area contributed by atoms with Gasteiger partial charge in [0, 0.05) is 5.56 Å². The third-order valence-electron chi connectivity index (χ3n) is 2.72. The van der Waals surface area contributed by atoms with E-state index in [1.807, 2.05) is 0 Å². The number of carbonyl (C=O) groups excluding carboxylic acids is 2. The minimum absolute atomic E-state index is 0.0166. The summed E-state index contributed by atoms with van der Waals surface area (Å²) in [4.78, 5) is 20.5. The fourth-order valence-corrected chi connectivity index (χ4v) is 1.58. The van der Waals surface area contributed by atoms with E-state index in [1.165, 1.54) is 26.4 Å². The highest BCUT2D eigenvalue weighted by Gasteiger charge is 2.04. The van der Waals surface area contributed by atoms with Crippen molar-refractivity contribution < 1.29 is 29.3 Å². The molecule has 0 unspecified atom stereocenters. The highest BCUT2D eigenvalue weighted by molar-refractivity contribution is 5.80. The highest BCUT2D eigenvalue weighted by atomic mass is 16.5. The Labute approximate surface area is 127 Å². The monoisotopic (exact) mass is 304 g/mol. The van der Waals surface area contributed by atoms with E-state index >= 15 is 0 Å². The zero-order valence-corrected chi connectivity index (χ0v) is 12.1. The molecular formula is C16H16O6. The first-order valence-electron chi connectivity index (χ1n) is 6.20. The van der Waals surface area contributed by atoms with Crippen LogP contribution >= 0.6 is 0 Å². The van der Waals surface area contributed by atoms with E-state index in [-0.39, 0.29) is 17.1 Å². The summed E-state index contributed by atoms with van der Waals surface area (Å²) in [5.41, 5.74) is 0.674. The summed E-state index contributed by atoms with van der Waals surface area (Å²) in [6.07, 6.45) is 1.25. The normalized spacial score (nSPS) is 9.18. The molecule has 6 heteroatoms. The second-order valence-corrected chi connectivity index (χ2v) is 4.07. The van der Waals surface area contributed by atoms with Crippen molar-refractivity contribution in [1.29, 1.82) is 0 Å². The Morgan fingerprint density at radius 2 is 1.59 bits per heavy atom. The van der Waals surface area contributed by atoms with E-state index in [1.54, 1.807) is 24.3 Å². The van der Waals surface area contributed by atoms with Crippen LogP contribution in [-0.4, -0.2) is 37.0 Å². The van der Waals surface area contributed by atoms with Crippen molar-refractivity contribution in [3.05, 3.63) is 47.5 Å². The van der Waals surface area contributed by atoms with Crippen molar-refractivity contribution in [2.45, 2.75) is 0 Å². The lowest BCUT2D eigenvalue weighted by Gasteiger charge is -2.02. The lowest BCUT2D eigenvalue weighted by Crippen LogP contribution is -1.86. The molecule has 2 aromatic carbocycles. The van der Waals surface area contributed by atoms with Gasteiger partial charge in [0.05, 0.1) is 19.8 Å². The largest absolute Gasteiger partial charge is 0.504 e. The SMILES string of the molecule is COc1ccc(C=O)cc1O.COc1cccc(C=O)c1O. The standard InChI is InChI=1S/2C8H8O3/c1-11-8-3-2-6(5-9)4-7(8)10;1-11-7-4-2-3-6(5-9)8(7)10/h2*2-5,10H,1H3. The second kappa shape index (κ2) is 8.31. The molecule has 0 atom stereocenters. The Bertz CT molecular complexity index is 651. The number of carbonyl (C=O) groups is 2. The quantitative estimate of drug-likeness (QED) is 0.843. The predicted molar refractivity (Wildman–Crippen MR) is 80.1 cm³/mol. The van der Waals surface area contributed by atoms with Crippen LogP contribution in [0, 0.1) is 0 Å². The van der Waals surface area contributed by atoms with Crippen molar-refractivity contribution in [3.63, 3.8) is 0 Å². The number of phenolic OH excluding ortho intramolecular Hbond substituents is 2. The van der Waals surface area contributed by atoms with E-state index in [0.29, 0.717) is 29.6 Å². The summed E-state index contributed by atoms with van der Waals surface area (Å²) in [5, 5.41) is 18.4. The fourth-order valence-electron chi connectivity index (χ4n) is 1.58. The average Bonchev–Trinajstić information content (AvgIpc) is 2.55. The minimum atomic E-state index is -0.106. The van der Waals surface area contributed by atoms with Gasteiger partial charge in [-0.25, -0.2) is 0 Å². The summed E-state index contributed by atoms with van der Waals surface area (Å²) in [7, 11) is 2.89. The molecule has 0 aromatic heterocycles. The molecule has 116 valence electrons. The third-order valence-corrected chi connectivity index (χ3v) is 2.72. The van der Waals surface area contributed by atoms with Gasteiger partial charge in [0.15, 0.2) is 29.3 Å². The number of para-hydroxylation sites is 1. The van der Waals surface area contributed by atoms with E-state index in [9.17, 15) is 14.7 Å². The Kier molecular flexibility index (Phi) is 6.43. The number of hydrogen-bond donors (Lipinski definition) is 2. The van der Waals surface area contributed by atoms with Gasteiger partial charge in [-0.2, -0.15) is 0 Å². The molecule has 2 aromatic rings. The fraction of sp³-hybridized carbons (Fsp3) is 0.125. The first-order valence-corrected chi connectivity index (χ1v) is 6.20. The summed E-state index contributed by atoms with van der Waals surface area (Å²) in [5.74, 6) is 0.562. The number of ether oxygens (including phenoxy) is 2. The van der Waals surface area contributed by atoms with Crippen molar-refractivity contribution in [3.8, 4) is 23.0 Å². The van der Waals surface area contributed by atoms with Gasteiger partial charge < -0.3 is 19.7 Å². The van der Waals surface area contributed by atoms with Gasteiger partial charge in [-0.05, 0) is 30.3 Å². The number of aromatic hydroxyl groups is 2. The summed E-state index contributed by atoms with van der Waals surface area (Å²) in [6.45, 7) is 0. The van der Waals surface area contributed by atoms with Crippen LogP contribution in [0.5, 0.6) is 23.0 Å². The van der Waals surface area contributed by atoms with Crippen LogP contribution in [0.2, 0.25) is 0 Å². The second-order valence-electron chi connectivity index (χ2n) is 4.07. The van der Waals surface area contributed by atoms with Crippen LogP contribution in [0.1, 0.15) is 20.7 Å². The number of hydrogen-bond acceptors (Lipinski definition) is 6. The molecule has 0 bridgehead atoms. The molecule has 0 radical (unpaired) electrons. The summed E-state index contributed by atoms with van der Waals surface area (Å²) >= 11 is 0. The Hall–Kier alpha value is -3.02. The van der Waals surface area contributed by atoms with Crippen molar-refractivity contribution >= 4 is 12.6 Å². The van der Waals surface area contributed by atoms with Gasteiger partial charge in [0.2, 0.25) is 0 Å². The van der Waals surface area contributed by atoms with Gasteiger partial charge in [-0.15, -0.1) is 0 Å². The van der Waals surface area contributed by atoms with Crippen molar-refractivity contribution in [2.24, 2.45) is 0 Å². The molecule has 0 fully saturated rings. The molecule has 0 aliphatic heterocycles. The molecule has 0 aliphatic rings. The van der Waals surface area contributed by atoms with Crippen LogP contribution in [0.15, 0.2) is 36.4 Å². The molecule has 0 saturated carbocycles. The van der Waals surface area contributed by atoms with Crippen LogP contribution < -0.4 is 9.47 Å². The predicted octanol–water partition coefficient (Wildman–Crippen LogP) is 2.43. The average molecular weight is 304 g/mol. The van der Waals surface area contributed by atoms with E-state index in [4.69, 9.17) is 14.6 Å². The molecule has 2 rings (SSSR count). The zero-order chi connectivity index (χ0) is 16.5. The van der Waals surface area contributed by atoms with E-state index in [2.05, 4.69) is 0 Å². The molecule has 0 amide bonds. The Morgan fingerprint density at radius 3 is 2.09 bits per heavy atom. The smallest absolute Gasteiger partial charge is 0.168 e. The molecule has 6 nitrogen and oxygen atoms in total. The number of rotatable bonds is 4. The highest BCUT2D eigenvalue weighted by Crippen LogP contribution is 2.27. The molecular weight excluding hydrogens is 288 g/mol. The molecule has 0 spiro atoms. The summed E-state index contributed by atoms with van der Waals surface area (Å²) < 4.78 is 9.56. The van der Waals surface area contributed by atoms with Crippen molar-refractivity contribution in [2.75, 3.05) is 14.2 Å². The first-order chi connectivity index (χ1) is 10.6. The maximum Gasteiger partial charge on any atom is 0.168 e. The lowest BCUT2D eigenvalue weighted by molar-refractivity contribution is 0.111. The van der Waals surface area contributed by atoms with Gasteiger partial charge >= 0.3 is 0 Å². The minimum Gasteiger partial charge on any atom is -0.504 e. The van der Waals surface area contributed by atoms with Gasteiger partial charge in [-0.1, -0.05) is 6.07 Å². The van der Waals surface area contributed by atoms with Crippen LogP contribution in [0.3, 0.4) is 0 Å². The number of benzene rings is 2. The Balaban J connectivity index is 0.000000220.